The van der Waals surface area contributed by atoms with Crippen LogP contribution in [0, 0.1) is 0 Å². The van der Waals surface area contributed by atoms with Crippen molar-refractivity contribution in [3.63, 3.8) is 0 Å². The second-order valence-electron chi connectivity index (χ2n) is 10.4. The fraction of sp³-hybridized carbons (Fsp3) is 0.0270. The Kier molecular flexibility index (Phi) is 5.32. The zero-order valence-corrected chi connectivity index (χ0v) is 23.7. The van der Waals surface area contributed by atoms with Gasteiger partial charge in [-0.3, -0.25) is 0 Å². The van der Waals surface area contributed by atoms with Gasteiger partial charge in [0.15, 0.2) is 0 Å². The number of furan rings is 1. The quantitative estimate of drug-likeness (QED) is 0.197. The van der Waals surface area contributed by atoms with Crippen molar-refractivity contribution in [2.24, 2.45) is 0 Å². The predicted molar refractivity (Wildman–Crippen MR) is 169 cm³/mol. The van der Waals surface area contributed by atoms with Gasteiger partial charge in [0.05, 0.1) is 5.41 Å². The first-order valence-electron chi connectivity index (χ1n) is 13.3. The number of fused-ring (bicyclic) bond motifs is 6. The number of rotatable bonds is 3. The van der Waals surface area contributed by atoms with Gasteiger partial charge in [0.2, 0.25) is 0 Å². The lowest BCUT2D eigenvalue weighted by Gasteiger charge is -2.34. The molecule has 0 spiro atoms. The Labute approximate surface area is 245 Å². The van der Waals surface area contributed by atoms with E-state index in [1.807, 2.05) is 18.2 Å². The van der Waals surface area contributed by atoms with Crippen LogP contribution in [0.3, 0.4) is 0 Å². The monoisotopic (exact) mass is 596 g/mol. The van der Waals surface area contributed by atoms with Crippen LogP contribution in [0.2, 0.25) is 5.02 Å². The molecule has 0 atom stereocenters. The topological polar surface area (TPSA) is 13.1 Å². The van der Waals surface area contributed by atoms with Crippen molar-refractivity contribution in [1.82, 2.24) is 0 Å². The minimum Gasteiger partial charge on any atom is -0.456 e. The van der Waals surface area contributed by atoms with Gasteiger partial charge < -0.3 is 4.42 Å². The minimum atomic E-state index is -0.496. The van der Waals surface area contributed by atoms with Gasteiger partial charge in [-0.25, -0.2) is 0 Å². The van der Waals surface area contributed by atoms with Gasteiger partial charge in [-0.15, -0.1) is 0 Å². The fourth-order valence-corrected chi connectivity index (χ4v) is 7.34. The average Bonchev–Trinajstić information content (AvgIpc) is 3.51. The van der Waals surface area contributed by atoms with E-state index in [9.17, 15) is 0 Å². The van der Waals surface area contributed by atoms with Crippen LogP contribution in [0.25, 0.3) is 44.2 Å². The van der Waals surface area contributed by atoms with E-state index in [0.29, 0.717) is 0 Å². The second kappa shape index (κ2) is 8.96. The molecule has 0 amide bonds. The molecule has 6 aromatic carbocycles. The maximum atomic E-state index is 6.69. The molecule has 1 aliphatic carbocycles. The van der Waals surface area contributed by atoms with E-state index in [1.165, 1.54) is 33.4 Å². The summed E-state index contributed by atoms with van der Waals surface area (Å²) in [6, 6.07) is 47.4. The van der Waals surface area contributed by atoms with Crippen LogP contribution in [-0.4, -0.2) is 0 Å². The van der Waals surface area contributed by atoms with Gasteiger partial charge in [-0.2, -0.15) is 0 Å². The van der Waals surface area contributed by atoms with Crippen LogP contribution in [0.15, 0.2) is 142 Å². The maximum absolute atomic E-state index is 6.69. The normalized spacial score (nSPS) is 13.4. The molecule has 190 valence electrons. The molecule has 8 rings (SSSR count). The molecule has 3 heteroatoms. The highest BCUT2D eigenvalue weighted by atomic mass is 79.9. The van der Waals surface area contributed by atoms with E-state index in [2.05, 4.69) is 131 Å². The Bertz CT molecular complexity index is 2040. The Balaban J connectivity index is 1.43. The molecule has 0 N–H and O–H groups in total. The molecule has 0 unspecified atom stereocenters. The fourth-order valence-electron chi connectivity index (χ4n) is 6.60. The first-order valence-corrected chi connectivity index (χ1v) is 14.5. The third kappa shape index (κ3) is 3.33. The SMILES string of the molecule is Clc1ccc2c(c1)C(c1ccccc1)(c1ccccc1)c1cc(-c3ccc4oc5cccc(Br)c5c4c3)ccc1-2. The van der Waals surface area contributed by atoms with E-state index in [4.69, 9.17) is 16.0 Å². The maximum Gasteiger partial charge on any atom is 0.136 e. The summed E-state index contributed by atoms with van der Waals surface area (Å²) < 4.78 is 7.19. The second-order valence-corrected chi connectivity index (χ2v) is 11.6. The Morgan fingerprint density at radius 3 is 1.90 bits per heavy atom. The Morgan fingerprint density at radius 2 is 1.18 bits per heavy atom. The van der Waals surface area contributed by atoms with Crippen LogP contribution in [-0.2, 0) is 5.41 Å². The van der Waals surface area contributed by atoms with E-state index in [1.54, 1.807) is 0 Å². The summed E-state index contributed by atoms with van der Waals surface area (Å²) in [7, 11) is 0. The predicted octanol–water partition coefficient (Wildman–Crippen LogP) is 11.0. The molecule has 0 saturated heterocycles. The van der Waals surface area contributed by atoms with Crippen molar-refractivity contribution in [3.05, 3.63) is 165 Å². The van der Waals surface area contributed by atoms with Crippen molar-refractivity contribution < 1.29 is 4.42 Å². The summed E-state index contributed by atoms with van der Waals surface area (Å²) in [4.78, 5) is 0. The smallest absolute Gasteiger partial charge is 0.136 e. The van der Waals surface area contributed by atoms with Crippen LogP contribution in [0.1, 0.15) is 22.3 Å². The molecule has 0 radical (unpaired) electrons. The zero-order chi connectivity index (χ0) is 26.8. The molecule has 7 aromatic rings. The number of hydrogen-bond donors (Lipinski definition) is 0. The summed E-state index contributed by atoms with van der Waals surface area (Å²) in [5.74, 6) is 0. The van der Waals surface area contributed by atoms with E-state index < -0.39 is 5.41 Å². The van der Waals surface area contributed by atoms with Gasteiger partial charge in [0, 0.05) is 20.3 Å². The van der Waals surface area contributed by atoms with E-state index in [-0.39, 0.29) is 0 Å². The van der Waals surface area contributed by atoms with Crippen LogP contribution < -0.4 is 0 Å². The summed E-state index contributed by atoms with van der Waals surface area (Å²) in [5, 5.41) is 2.95. The Morgan fingerprint density at radius 1 is 0.550 bits per heavy atom. The van der Waals surface area contributed by atoms with Gasteiger partial charge in [-0.05, 0) is 87.0 Å². The van der Waals surface area contributed by atoms with E-state index in [0.717, 1.165) is 42.6 Å². The summed E-state index contributed by atoms with van der Waals surface area (Å²) >= 11 is 10.4. The van der Waals surface area contributed by atoms with Gasteiger partial charge in [-0.1, -0.05) is 119 Å². The summed E-state index contributed by atoms with van der Waals surface area (Å²) in [5.41, 5.74) is 11.0. The molecular formula is C37H22BrClO. The largest absolute Gasteiger partial charge is 0.456 e. The highest BCUT2D eigenvalue weighted by Crippen LogP contribution is 2.57. The van der Waals surface area contributed by atoms with Crippen molar-refractivity contribution in [3.8, 4) is 22.3 Å². The molecule has 40 heavy (non-hydrogen) atoms. The van der Waals surface area contributed by atoms with Crippen molar-refractivity contribution in [2.75, 3.05) is 0 Å². The number of halogens is 2. The lowest BCUT2D eigenvalue weighted by molar-refractivity contribution is 0.669. The highest BCUT2D eigenvalue weighted by Gasteiger charge is 2.46. The summed E-state index contributed by atoms with van der Waals surface area (Å²) in [6.07, 6.45) is 0. The highest BCUT2D eigenvalue weighted by molar-refractivity contribution is 9.10. The van der Waals surface area contributed by atoms with Gasteiger partial charge in [0.1, 0.15) is 11.2 Å². The standard InChI is InChI=1S/C37H22BrClO/c38-33-12-7-13-35-36(33)30-20-23(15-19-34(30)40-35)24-14-17-28-29-18-16-27(39)22-32(29)37(31(28)21-24,25-8-3-1-4-9-25)26-10-5-2-6-11-26/h1-22H. The molecule has 0 aliphatic heterocycles. The van der Waals surface area contributed by atoms with Crippen molar-refractivity contribution >= 4 is 49.5 Å². The molecule has 1 nitrogen and oxygen atoms in total. The molecule has 1 heterocycles. The third-order valence-corrected chi connectivity index (χ3v) is 9.19. The molecule has 0 fully saturated rings. The van der Waals surface area contributed by atoms with Crippen molar-refractivity contribution in [1.29, 1.82) is 0 Å². The Hall–Kier alpha value is -4.11. The van der Waals surface area contributed by atoms with Crippen LogP contribution >= 0.6 is 27.5 Å². The van der Waals surface area contributed by atoms with E-state index >= 15 is 0 Å². The van der Waals surface area contributed by atoms with Gasteiger partial charge in [0.25, 0.3) is 0 Å². The first kappa shape index (κ1) is 23.7. The lowest BCUT2D eigenvalue weighted by atomic mass is 9.67. The third-order valence-electron chi connectivity index (χ3n) is 8.29. The molecule has 1 aliphatic rings. The molecular weight excluding hydrogens is 576 g/mol. The lowest BCUT2D eigenvalue weighted by Crippen LogP contribution is -2.28. The number of benzene rings is 6. The zero-order valence-electron chi connectivity index (χ0n) is 21.4. The number of hydrogen-bond acceptors (Lipinski definition) is 1. The molecule has 1 aromatic heterocycles. The van der Waals surface area contributed by atoms with Gasteiger partial charge >= 0.3 is 0 Å². The minimum absolute atomic E-state index is 0.496. The molecule has 0 saturated carbocycles. The average molecular weight is 598 g/mol. The van der Waals surface area contributed by atoms with Crippen LogP contribution in [0.5, 0.6) is 0 Å². The first-order chi connectivity index (χ1) is 19.6. The molecule has 0 bridgehead atoms. The van der Waals surface area contributed by atoms with Crippen molar-refractivity contribution in [2.45, 2.75) is 5.41 Å². The van der Waals surface area contributed by atoms with Crippen LogP contribution in [0.4, 0.5) is 0 Å². The summed E-state index contributed by atoms with van der Waals surface area (Å²) in [6.45, 7) is 0.